The molecule has 1 fully saturated rings. The Hall–Kier alpha value is -3.78. The molecule has 0 atom stereocenters. The Morgan fingerprint density at radius 2 is 1.77 bits per heavy atom. The lowest BCUT2D eigenvalue weighted by atomic mass is 10.2. The highest BCUT2D eigenvalue weighted by Gasteiger charge is 2.36. The average Bonchev–Trinajstić information content (AvgIpc) is 3.34. The standard InChI is InChI=1S/C23H19N3O4S/c1-30-19-11-9-17(10-12-19)25-13-5-8-18(25)14-20-22(28)26(23(29)31-20)15-21(27)24-16-6-3-2-4-7-16/h2-14H,15H2,1H3,(H,24,27)/b20-14-. The van der Waals surface area contributed by atoms with E-state index in [9.17, 15) is 14.4 Å². The van der Waals surface area contributed by atoms with E-state index in [2.05, 4.69) is 5.32 Å². The van der Waals surface area contributed by atoms with Crippen LogP contribution in [0.15, 0.2) is 77.8 Å². The van der Waals surface area contributed by atoms with Crippen LogP contribution in [0.2, 0.25) is 0 Å². The van der Waals surface area contributed by atoms with Crippen LogP contribution in [0.3, 0.4) is 0 Å². The maximum atomic E-state index is 12.8. The third-order valence-corrected chi connectivity index (χ3v) is 5.55. The lowest BCUT2D eigenvalue weighted by molar-refractivity contribution is -0.127. The topological polar surface area (TPSA) is 80.6 Å². The first-order valence-electron chi connectivity index (χ1n) is 9.47. The number of hydrogen-bond donors (Lipinski definition) is 1. The summed E-state index contributed by atoms with van der Waals surface area (Å²) in [6, 6.07) is 20.1. The van der Waals surface area contributed by atoms with Gasteiger partial charge in [0.05, 0.1) is 12.0 Å². The van der Waals surface area contributed by atoms with Crippen LogP contribution in [-0.4, -0.2) is 40.2 Å². The van der Waals surface area contributed by atoms with Crippen molar-refractivity contribution in [3.63, 3.8) is 0 Å². The van der Waals surface area contributed by atoms with Crippen LogP contribution in [0.1, 0.15) is 5.69 Å². The number of ether oxygens (including phenoxy) is 1. The number of para-hydroxylation sites is 1. The van der Waals surface area contributed by atoms with Crippen molar-refractivity contribution in [2.24, 2.45) is 0 Å². The molecule has 1 N–H and O–H groups in total. The maximum Gasteiger partial charge on any atom is 0.294 e. The summed E-state index contributed by atoms with van der Waals surface area (Å²) >= 11 is 0.823. The van der Waals surface area contributed by atoms with Gasteiger partial charge in [-0.25, -0.2) is 0 Å². The molecule has 0 unspecified atom stereocenters. The number of amides is 3. The summed E-state index contributed by atoms with van der Waals surface area (Å²) in [4.78, 5) is 38.6. The third-order valence-electron chi connectivity index (χ3n) is 4.64. The zero-order chi connectivity index (χ0) is 21.8. The number of hydrogen-bond acceptors (Lipinski definition) is 5. The van der Waals surface area contributed by atoms with Crippen LogP contribution in [0.25, 0.3) is 11.8 Å². The molecule has 0 bridgehead atoms. The molecule has 7 nitrogen and oxygen atoms in total. The third kappa shape index (κ3) is 4.54. The van der Waals surface area contributed by atoms with E-state index in [1.54, 1.807) is 37.5 Å². The van der Waals surface area contributed by atoms with Gasteiger partial charge in [-0.2, -0.15) is 0 Å². The molecule has 156 valence electrons. The van der Waals surface area contributed by atoms with Crippen molar-refractivity contribution in [1.82, 2.24) is 9.47 Å². The second-order valence-corrected chi connectivity index (χ2v) is 7.68. The number of thioether (sulfide) groups is 1. The molecule has 8 heteroatoms. The van der Waals surface area contributed by atoms with E-state index >= 15 is 0 Å². The van der Waals surface area contributed by atoms with Gasteiger partial charge in [-0.1, -0.05) is 18.2 Å². The highest BCUT2D eigenvalue weighted by Crippen LogP contribution is 2.32. The predicted octanol–water partition coefficient (Wildman–Crippen LogP) is 4.16. The number of carbonyl (C=O) groups is 3. The minimum absolute atomic E-state index is 0.269. The number of benzene rings is 2. The minimum atomic E-state index is -0.485. The molecular weight excluding hydrogens is 414 g/mol. The Kier molecular flexibility index (Phi) is 5.90. The molecule has 0 spiro atoms. The minimum Gasteiger partial charge on any atom is -0.497 e. The van der Waals surface area contributed by atoms with Crippen LogP contribution < -0.4 is 10.1 Å². The molecule has 3 amide bonds. The molecule has 0 aliphatic carbocycles. The molecule has 2 aromatic carbocycles. The molecule has 31 heavy (non-hydrogen) atoms. The van der Waals surface area contributed by atoms with Crippen LogP contribution in [0.4, 0.5) is 10.5 Å². The number of rotatable bonds is 6. The lowest BCUT2D eigenvalue weighted by Crippen LogP contribution is -2.36. The summed E-state index contributed by atoms with van der Waals surface area (Å²) in [6.45, 7) is -0.337. The van der Waals surface area contributed by atoms with Gasteiger partial charge in [-0.15, -0.1) is 0 Å². The highest BCUT2D eigenvalue weighted by atomic mass is 32.2. The monoisotopic (exact) mass is 433 g/mol. The second-order valence-electron chi connectivity index (χ2n) is 6.68. The van der Waals surface area contributed by atoms with Gasteiger partial charge in [0, 0.05) is 23.3 Å². The Morgan fingerprint density at radius 1 is 1.03 bits per heavy atom. The van der Waals surface area contributed by atoms with Crippen LogP contribution in [0.5, 0.6) is 5.75 Å². The number of aromatic nitrogens is 1. The van der Waals surface area contributed by atoms with E-state index in [-0.39, 0.29) is 11.4 Å². The van der Waals surface area contributed by atoms with Crippen molar-refractivity contribution >= 4 is 40.6 Å². The number of imide groups is 1. The van der Waals surface area contributed by atoms with Gasteiger partial charge in [0.15, 0.2) is 0 Å². The number of anilines is 1. The van der Waals surface area contributed by atoms with Gasteiger partial charge in [0.1, 0.15) is 12.3 Å². The van der Waals surface area contributed by atoms with Crippen LogP contribution in [-0.2, 0) is 9.59 Å². The van der Waals surface area contributed by atoms with E-state index in [4.69, 9.17) is 4.74 Å². The van der Waals surface area contributed by atoms with Crippen molar-refractivity contribution < 1.29 is 19.1 Å². The first kappa shape index (κ1) is 20.5. The summed E-state index contributed by atoms with van der Waals surface area (Å²) in [7, 11) is 1.60. The van der Waals surface area contributed by atoms with Crippen molar-refractivity contribution in [2.45, 2.75) is 0 Å². The molecule has 1 aliphatic rings. The first-order valence-corrected chi connectivity index (χ1v) is 10.3. The Labute approximate surface area is 183 Å². The van der Waals surface area contributed by atoms with E-state index in [0.717, 1.165) is 33.8 Å². The van der Waals surface area contributed by atoms with Crippen LogP contribution >= 0.6 is 11.8 Å². The van der Waals surface area contributed by atoms with Gasteiger partial charge < -0.3 is 14.6 Å². The van der Waals surface area contributed by atoms with E-state index in [0.29, 0.717) is 5.69 Å². The molecule has 1 aromatic heterocycles. The SMILES string of the molecule is COc1ccc(-n2cccc2/C=C2\SC(=O)N(CC(=O)Nc3ccccc3)C2=O)cc1. The normalized spacial score (nSPS) is 14.9. The second kappa shape index (κ2) is 8.93. The summed E-state index contributed by atoms with van der Waals surface area (Å²) in [6.07, 6.45) is 3.52. The molecule has 1 aliphatic heterocycles. The fraction of sp³-hybridized carbons (Fsp3) is 0.0870. The Balaban J connectivity index is 1.50. The van der Waals surface area contributed by atoms with Crippen molar-refractivity contribution in [3.05, 3.63) is 83.5 Å². The first-order chi connectivity index (χ1) is 15.0. The summed E-state index contributed by atoms with van der Waals surface area (Å²) in [5.74, 6) is -0.176. The average molecular weight is 433 g/mol. The lowest BCUT2D eigenvalue weighted by Gasteiger charge is -2.12. The van der Waals surface area contributed by atoms with Crippen molar-refractivity contribution in [1.29, 1.82) is 0 Å². The zero-order valence-electron chi connectivity index (χ0n) is 16.6. The molecule has 3 aromatic rings. The van der Waals surface area contributed by atoms with E-state index in [1.807, 2.05) is 53.2 Å². The summed E-state index contributed by atoms with van der Waals surface area (Å²) < 4.78 is 7.08. The summed E-state index contributed by atoms with van der Waals surface area (Å²) in [5, 5.41) is 2.21. The zero-order valence-corrected chi connectivity index (χ0v) is 17.5. The van der Waals surface area contributed by atoms with Crippen molar-refractivity contribution in [2.75, 3.05) is 19.0 Å². The molecule has 2 heterocycles. The fourth-order valence-corrected chi connectivity index (χ4v) is 3.95. The summed E-state index contributed by atoms with van der Waals surface area (Å²) in [5.41, 5.74) is 2.23. The van der Waals surface area contributed by atoms with Crippen molar-refractivity contribution in [3.8, 4) is 11.4 Å². The van der Waals surface area contributed by atoms with E-state index in [1.165, 1.54) is 0 Å². The molecule has 1 saturated heterocycles. The fourth-order valence-electron chi connectivity index (χ4n) is 3.13. The van der Waals surface area contributed by atoms with Gasteiger partial charge >= 0.3 is 0 Å². The largest absolute Gasteiger partial charge is 0.497 e. The quantitative estimate of drug-likeness (QED) is 0.591. The number of methoxy groups -OCH3 is 1. The number of nitrogens with one attached hydrogen (secondary N) is 1. The number of carbonyl (C=O) groups excluding carboxylic acids is 3. The van der Waals surface area contributed by atoms with Crippen LogP contribution in [0, 0.1) is 0 Å². The van der Waals surface area contributed by atoms with Gasteiger partial charge in [0.2, 0.25) is 5.91 Å². The van der Waals surface area contributed by atoms with Gasteiger partial charge in [0.25, 0.3) is 11.1 Å². The predicted molar refractivity (Wildman–Crippen MR) is 120 cm³/mol. The molecule has 4 rings (SSSR count). The van der Waals surface area contributed by atoms with E-state index < -0.39 is 17.1 Å². The highest BCUT2D eigenvalue weighted by molar-refractivity contribution is 8.18. The Morgan fingerprint density at radius 3 is 2.48 bits per heavy atom. The Bertz CT molecular complexity index is 1150. The molecule has 0 radical (unpaired) electrons. The number of nitrogens with zero attached hydrogens (tertiary/aromatic N) is 2. The van der Waals surface area contributed by atoms with Gasteiger partial charge in [-0.3, -0.25) is 19.3 Å². The molecular formula is C23H19N3O4S. The maximum absolute atomic E-state index is 12.8. The van der Waals surface area contributed by atoms with Gasteiger partial charge in [-0.05, 0) is 66.4 Å². The molecule has 0 saturated carbocycles. The smallest absolute Gasteiger partial charge is 0.294 e.